The zero-order valence-electron chi connectivity index (χ0n) is 18.4. The largest absolute Gasteiger partial charge is 0.493 e. The second-order valence-corrected chi connectivity index (χ2v) is 8.25. The SMILES string of the molecule is Cc1cc2c(F)c(Nc3ccnc(Nc4cccc(OCC5CCOCC5)c4)n3)ccc2[nH]1. The number of ether oxygens (including phenoxy) is 2. The highest BCUT2D eigenvalue weighted by Crippen LogP contribution is 2.28. The predicted octanol–water partition coefficient (Wildman–Crippen LogP) is 5.70. The van der Waals surface area contributed by atoms with E-state index in [1.54, 1.807) is 24.4 Å². The molecule has 0 unspecified atom stereocenters. The second kappa shape index (κ2) is 9.46. The summed E-state index contributed by atoms with van der Waals surface area (Å²) in [5.41, 5.74) is 2.84. The molecule has 7 nitrogen and oxygen atoms in total. The van der Waals surface area contributed by atoms with Gasteiger partial charge in [-0.25, -0.2) is 9.37 Å². The molecule has 170 valence electrons. The van der Waals surface area contributed by atoms with Gasteiger partial charge in [-0.1, -0.05) is 6.07 Å². The number of aryl methyl sites for hydroxylation is 1. The van der Waals surface area contributed by atoms with Crippen LogP contribution in [0.25, 0.3) is 10.9 Å². The maximum absolute atomic E-state index is 14.9. The fraction of sp³-hybridized carbons (Fsp3) is 0.280. The number of rotatable bonds is 7. The summed E-state index contributed by atoms with van der Waals surface area (Å²) < 4.78 is 26.3. The van der Waals surface area contributed by atoms with Gasteiger partial charge >= 0.3 is 0 Å². The van der Waals surface area contributed by atoms with Crippen molar-refractivity contribution in [2.75, 3.05) is 30.5 Å². The third kappa shape index (κ3) is 5.06. The first-order valence-electron chi connectivity index (χ1n) is 11.1. The molecule has 0 radical (unpaired) electrons. The quantitative estimate of drug-likeness (QED) is 0.337. The predicted molar refractivity (Wildman–Crippen MR) is 127 cm³/mol. The van der Waals surface area contributed by atoms with Gasteiger partial charge in [0.25, 0.3) is 0 Å². The molecule has 0 bridgehead atoms. The molecule has 3 N–H and O–H groups in total. The van der Waals surface area contributed by atoms with Crippen molar-refractivity contribution in [2.24, 2.45) is 5.92 Å². The lowest BCUT2D eigenvalue weighted by Gasteiger charge is -2.22. The zero-order chi connectivity index (χ0) is 22.6. The topological polar surface area (TPSA) is 84.1 Å². The number of aromatic amines is 1. The number of hydrogen-bond acceptors (Lipinski definition) is 6. The van der Waals surface area contributed by atoms with E-state index >= 15 is 0 Å². The molecule has 3 heterocycles. The first-order chi connectivity index (χ1) is 16.1. The van der Waals surface area contributed by atoms with Crippen molar-refractivity contribution >= 4 is 34.0 Å². The number of nitrogens with zero attached hydrogens (tertiary/aromatic N) is 2. The third-order valence-electron chi connectivity index (χ3n) is 5.71. The highest BCUT2D eigenvalue weighted by atomic mass is 19.1. The Morgan fingerprint density at radius 3 is 2.88 bits per heavy atom. The van der Waals surface area contributed by atoms with E-state index in [-0.39, 0.29) is 5.82 Å². The fourth-order valence-electron chi connectivity index (χ4n) is 3.95. The number of nitrogens with one attached hydrogen (secondary N) is 3. The normalized spacial score (nSPS) is 14.4. The summed E-state index contributed by atoms with van der Waals surface area (Å²) in [6.45, 7) is 4.19. The summed E-state index contributed by atoms with van der Waals surface area (Å²) >= 11 is 0. The Labute approximate surface area is 191 Å². The lowest BCUT2D eigenvalue weighted by molar-refractivity contribution is 0.0497. The van der Waals surface area contributed by atoms with Crippen LogP contribution in [0.2, 0.25) is 0 Å². The zero-order valence-corrected chi connectivity index (χ0v) is 18.4. The van der Waals surface area contributed by atoms with E-state index in [4.69, 9.17) is 9.47 Å². The summed E-state index contributed by atoms with van der Waals surface area (Å²) in [6, 6.07) is 14.7. The minimum absolute atomic E-state index is 0.320. The van der Waals surface area contributed by atoms with E-state index in [1.807, 2.05) is 37.3 Å². The van der Waals surface area contributed by atoms with Gasteiger partial charge in [0, 0.05) is 47.8 Å². The minimum atomic E-state index is -0.320. The number of anilines is 4. The first kappa shape index (κ1) is 21.2. The number of hydrogen-bond donors (Lipinski definition) is 3. The summed E-state index contributed by atoms with van der Waals surface area (Å²) in [6.07, 6.45) is 3.69. The molecule has 0 spiro atoms. The monoisotopic (exact) mass is 447 g/mol. The average Bonchev–Trinajstić information content (AvgIpc) is 3.22. The van der Waals surface area contributed by atoms with Gasteiger partial charge in [0.05, 0.1) is 12.3 Å². The highest BCUT2D eigenvalue weighted by molar-refractivity contribution is 5.85. The lowest BCUT2D eigenvalue weighted by atomic mass is 10.0. The molecule has 33 heavy (non-hydrogen) atoms. The van der Waals surface area contributed by atoms with Crippen molar-refractivity contribution in [2.45, 2.75) is 19.8 Å². The van der Waals surface area contributed by atoms with Gasteiger partial charge in [0.1, 0.15) is 11.6 Å². The van der Waals surface area contributed by atoms with Crippen LogP contribution in [0.1, 0.15) is 18.5 Å². The molecular weight excluding hydrogens is 421 g/mol. The van der Waals surface area contributed by atoms with E-state index in [0.717, 1.165) is 48.7 Å². The Morgan fingerprint density at radius 1 is 1.12 bits per heavy atom. The maximum Gasteiger partial charge on any atom is 0.229 e. The van der Waals surface area contributed by atoms with Crippen LogP contribution >= 0.6 is 0 Å². The molecular formula is C25H26FN5O2. The average molecular weight is 448 g/mol. The van der Waals surface area contributed by atoms with Crippen molar-refractivity contribution in [3.63, 3.8) is 0 Å². The molecule has 1 aliphatic rings. The maximum atomic E-state index is 14.9. The van der Waals surface area contributed by atoms with Crippen LogP contribution in [-0.4, -0.2) is 34.8 Å². The van der Waals surface area contributed by atoms with Crippen LogP contribution in [0.3, 0.4) is 0 Å². The van der Waals surface area contributed by atoms with Gasteiger partial charge in [-0.15, -0.1) is 0 Å². The van der Waals surface area contributed by atoms with Crippen LogP contribution in [0.5, 0.6) is 5.75 Å². The van der Waals surface area contributed by atoms with Crippen LogP contribution in [0, 0.1) is 18.7 Å². The van der Waals surface area contributed by atoms with Gasteiger partial charge in [-0.3, -0.25) is 0 Å². The number of fused-ring (bicyclic) bond motifs is 1. The van der Waals surface area contributed by atoms with Crippen molar-refractivity contribution in [1.29, 1.82) is 0 Å². The Morgan fingerprint density at radius 2 is 2.00 bits per heavy atom. The lowest BCUT2D eigenvalue weighted by Crippen LogP contribution is -2.21. The Balaban J connectivity index is 1.26. The molecule has 5 rings (SSSR count). The number of H-pyrrole nitrogens is 1. The van der Waals surface area contributed by atoms with E-state index in [1.165, 1.54) is 0 Å². The number of halogens is 1. The van der Waals surface area contributed by atoms with Gasteiger partial charge in [0.2, 0.25) is 5.95 Å². The van der Waals surface area contributed by atoms with Gasteiger partial charge in [-0.2, -0.15) is 4.98 Å². The number of benzene rings is 2. The summed E-state index contributed by atoms with van der Waals surface area (Å²) in [5.74, 6) is 1.89. The Bertz CT molecular complexity index is 1250. The first-order valence-corrected chi connectivity index (χ1v) is 11.1. The molecule has 0 amide bonds. The molecule has 1 aliphatic heterocycles. The second-order valence-electron chi connectivity index (χ2n) is 8.25. The van der Waals surface area contributed by atoms with E-state index < -0.39 is 0 Å². The van der Waals surface area contributed by atoms with E-state index in [2.05, 4.69) is 25.6 Å². The van der Waals surface area contributed by atoms with Gasteiger partial charge in [0.15, 0.2) is 5.82 Å². The van der Waals surface area contributed by atoms with Crippen molar-refractivity contribution < 1.29 is 13.9 Å². The van der Waals surface area contributed by atoms with Crippen LogP contribution in [0.4, 0.5) is 27.5 Å². The van der Waals surface area contributed by atoms with Crippen LogP contribution in [0.15, 0.2) is 54.7 Å². The third-order valence-corrected chi connectivity index (χ3v) is 5.71. The van der Waals surface area contributed by atoms with E-state index in [9.17, 15) is 4.39 Å². The fourth-order valence-corrected chi connectivity index (χ4v) is 3.95. The molecule has 1 fully saturated rings. The summed E-state index contributed by atoms with van der Waals surface area (Å²) in [4.78, 5) is 11.9. The van der Waals surface area contributed by atoms with Gasteiger partial charge in [-0.05, 0) is 62.1 Å². The molecule has 4 aromatic rings. The molecule has 1 saturated heterocycles. The molecule has 0 saturated carbocycles. The molecule has 2 aromatic carbocycles. The van der Waals surface area contributed by atoms with Crippen LogP contribution in [-0.2, 0) is 4.74 Å². The molecule has 8 heteroatoms. The van der Waals surface area contributed by atoms with Crippen molar-refractivity contribution in [3.05, 3.63) is 66.2 Å². The Hall–Kier alpha value is -3.65. The molecule has 2 aromatic heterocycles. The number of aromatic nitrogens is 3. The van der Waals surface area contributed by atoms with Crippen molar-refractivity contribution in [3.8, 4) is 5.75 Å². The highest BCUT2D eigenvalue weighted by Gasteiger charge is 2.15. The molecule has 0 atom stereocenters. The Kier molecular flexibility index (Phi) is 6.08. The van der Waals surface area contributed by atoms with Crippen molar-refractivity contribution in [1.82, 2.24) is 15.0 Å². The van der Waals surface area contributed by atoms with E-state index in [0.29, 0.717) is 35.4 Å². The smallest absolute Gasteiger partial charge is 0.229 e. The molecule has 0 aliphatic carbocycles. The summed E-state index contributed by atoms with van der Waals surface area (Å²) in [5, 5.41) is 6.79. The summed E-state index contributed by atoms with van der Waals surface area (Å²) in [7, 11) is 0. The minimum Gasteiger partial charge on any atom is -0.493 e. The van der Waals surface area contributed by atoms with Gasteiger partial charge < -0.3 is 25.1 Å². The van der Waals surface area contributed by atoms with Crippen LogP contribution < -0.4 is 15.4 Å². The standard InChI is InChI=1S/C25H26FN5O2/c1-16-13-20-21(28-16)5-6-22(24(20)26)30-23-7-10-27-25(31-23)29-18-3-2-4-19(14-18)33-15-17-8-11-32-12-9-17/h2-7,10,13-14,17,28H,8-9,11-12,15H2,1H3,(H2,27,29,30,31).